The maximum atomic E-state index is 12.1. The number of benzene rings is 1. The summed E-state index contributed by atoms with van der Waals surface area (Å²) >= 11 is 1.49. The summed E-state index contributed by atoms with van der Waals surface area (Å²) in [6.07, 6.45) is 1.86. The Labute approximate surface area is 104 Å². The molecule has 1 aromatic carbocycles. The fourth-order valence-electron chi connectivity index (χ4n) is 1.69. The third kappa shape index (κ3) is 1.89. The van der Waals surface area contributed by atoms with Gasteiger partial charge in [0, 0.05) is 18.0 Å². The van der Waals surface area contributed by atoms with Gasteiger partial charge in [-0.1, -0.05) is 0 Å². The number of hydrogen-bond acceptors (Lipinski definition) is 5. The van der Waals surface area contributed by atoms with E-state index < -0.39 is 15.9 Å². The molecule has 1 heterocycles. The molecule has 0 atom stereocenters. The first-order valence-electron chi connectivity index (χ1n) is 4.94. The van der Waals surface area contributed by atoms with Crippen molar-refractivity contribution in [3.63, 3.8) is 0 Å². The van der Waals surface area contributed by atoms with Crippen LogP contribution in [0.25, 0.3) is 0 Å². The first-order chi connectivity index (χ1) is 7.98. The van der Waals surface area contributed by atoms with Crippen molar-refractivity contribution in [3.8, 4) is 0 Å². The number of sulfonamides is 1. The zero-order chi connectivity index (χ0) is 12.6. The molecular formula is C10H12N2O3S2. The SMILES string of the molecule is CSCCN1C(=O)c2ccc(N)cc2S1(=O)=O. The molecule has 0 saturated carbocycles. The lowest BCUT2D eigenvalue weighted by Gasteiger charge is -2.13. The molecule has 1 aliphatic rings. The molecule has 0 fully saturated rings. The average molecular weight is 272 g/mol. The maximum Gasteiger partial charge on any atom is 0.269 e. The highest BCUT2D eigenvalue weighted by molar-refractivity contribution is 7.98. The minimum Gasteiger partial charge on any atom is -0.399 e. The number of rotatable bonds is 3. The van der Waals surface area contributed by atoms with Crippen LogP contribution in [0.1, 0.15) is 10.4 Å². The minimum atomic E-state index is -3.70. The van der Waals surface area contributed by atoms with Crippen molar-refractivity contribution in [2.24, 2.45) is 0 Å². The van der Waals surface area contributed by atoms with Gasteiger partial charge in [-0.3, -0.25) is 4.79 Å². The van der Waals surface area contributed by atoms with Crippen LogP contribution in [0, 0.1) is 0 Å². The maximum absolute atomic E-state index is 12.1. The second-order valence-corrected chi connectivity index (χ2v) is 6.45. The Morgan fingerprint density at radius 3 is 2.76 bits per heavy atom. The summed E-state index contributed by atoms with van der Waals surface area (Å²) in [6.45, 7) is 0.191. The molecule has 1 aromatic rings. The fraction of sp³-hybridized carbons (Fsp3) is 0.300. The number of amides is 1. The first kappa shape index (κ1) is 12.3. The van der Waals surface area contributed by atoms with Gasteiger partial charge in [-0.05, 0) is 24.5 Å². The number of thioether (sulfide) groups is 1. The Bertz CT molecular complexity index is 569. The Morgan fingerprint density at radius 1 is 1.41 bits per heavy atom. The number of nitrogens with two attached hydrogens (primary N) is 1. The van der Waals surface area contributed by atoms with Gasteiger partial charge in [0.25, 0.3) is 15.9 Å². The van der Waals surface area contributed by atoms with E-state index in [1.807, 2.05) is 6.26 Å². The largest absolute Gasteiger partial charge is 0.399 e. The van der Waals surface area contributed by atoms with E-state index in [0.717, 1.165) is 4.31 Å². The summed E-state index contributed by atoms with van der Waals surface area (Å²) in [4.78, 5) is 11.9. The second-order valence-electron chi connectivity index (χ2n) is 3.63. The van der Waals surface area contributed by atoms with Crippen molar-refractivity contribution in [2.75, 3.05) is 24.3 Å². The van der Waals surface area contributed by atoms with Gasteiger partial charge in [0.05, 0.1) is 5.56 Å². The highest BCUT2D eigenvalue weighted by Gasteiger charge is 2.40. The first-order valence-corrected chi connectivity index (χ1v) is 7.77. The van der Waals surface area contributed by atoms with Crippen molar-refractivity contribution < 1.29 is 13.2 Å². The van der Waals surface area contributed by atoms with Crippen LogP contribution >= 0.6 is 11.8 Å². The van der Waals surface area contributed by atoms with Gasteiger partial charge >= 0.3 is 0 Å². The molecule has 1 amide bonds. The third-order valence-electron chi connectivity index (χ3n) is 2.53. The second kappa shape index (κ2) is 4.23. The molecule has 0 aliphatic carbocycles. The van der Waals surface area contributed by atoms with Crippen molar-refractivity contribution in [1.29, 1.82) is 0 Å². The Morgan fingerprint density at radius 2 is 2.12 bits per heavy atom. The molecule has 92 valence electrons. The molecular weight excluding hydrogens is 260 g/mol. The van der Waals surface area contributed by atoms with E-state index in [1.54, 1.807) is 0 Å². The van der Waals surface area contributed by atoms with Crippen LogP contribution in [0.5, 0.6) is 0 Å². The zero-order valence-corrected chi connectivity index (χ0v) is 10.8. The molecule has 2 N–H and O–H groups in total. The van der Waals surface area contributed by atoms with Gasteiger partial charge in [0.1, 0.15) is 4.90 Å². The summed E-state index contributed by atoms with van der Waals surface area (Å²) in [6, 6.07) is 4.33. The van der Waals surface area contributed by atoms with Crippen LogP contribution < -0.4 is 5.73 Å². The lowest BCUT2D eigenvalue weighted by Crippen LogP contribution is -2.32. The van der Waals surface area contributed by atoms with E-state index in [0.29, 0.717) is 11.4 Å². The van der Waals surface area contributed by atoms with Gasteiger partial charge in [0.15, 0.2) is 0 Å². The van der Waals surface area contributed by atoms with E-state index in [-0.39, 0.29) is 17.0 Å². The van der Waals surface area contributed by atoms with Gasteiger partial charge in [0.2, 0.25) is 0 Å². The number of fused-ring (bicyclic) bond motifs is 1. The molecule has 1 aliphatic heterocycles. The van der Waals surface area contributed by atoms with Crippen molar-refractivity contribution >= 4 is 33.4 Å². The standard InChI is InChI=1S/C10H12N2O3S2/c1-16-5-4-12-10(13)8-3-2-7(11)6-9(8)17(12,14)15/h2-3,6H,4-5,11H2,1H3. The topological polar surface area (TPSA) is 80.5 Å². The number of carbonyl (C=O) groups is 1. The number of anilines is 1. The predicted octanol–water partition coefficient (Wildman–Crippen LogP) is 0.776. The van der Waals surface area contributed by atoms with Gasteiger partial charge in [-0.25, -0.2) is 12.7 Å². The van der Waals surface area contributed by atoms with Crippen LogP contribution in [-0.4, -0.2) is 37.2 Å². The molecule has 7 heteroatoms. The van der Waals surface area contributed by atoms with Crippen LogP contribution in [0.2, 0.25) is 0 Å². The quantitative estimate of drug-likeness (QED) is 0.822. The predicted molar refractivity (Wildman–Crippen MR) is 67.5 cm³/mol. The third-order valence-corrected chi connectivity index (χ3v) is 4.94. The van der Waals surface area contributed by atoms with E-state index in [1.165, 1.54) is 30.0 Å². The number of nitrogen functional groups attached to an aromatic ring is 1. The van der Waals surface area contributed by atoms with E-state index >= 15 is 0 Å². The molecule has 0 radical (unpaired) electrons. The van der Waals surface area contributed by atoms with Crippen molar-refractivity contribution in [1.82, 2.24) is 4.31 Å². The van der Waals surface area contributed by atoms with Crippen molar-refractivity contribution in [2.45, 2.75) is 4.90 Å². The smallest absolute Gasteiger partial charge is 0.269 e. The monoisotopic (exact) mass is 272 g/mol. The Hall–Kier alpha value is -1.21. The van der Waals surface area contributed by atoms with Gasteiger partial charge in [-0.2, -0.15) is 11.8 Å². The molecule has 0 spiro atoms. The summed E-state index contributed by atoms with van der Waals surface area (Å²) < 4.78 is 25.1. The molecule has 0 saturated heterocycles. The van der Waals surface area contributed by atoms with E-state index in [9.17, 15) is 13.2 Å². The van der Waals surface area contributed by atoms with Crippen LogP contribution in [0.3, 0.4) is 0 Å². The molecule has 0 bridgehead atoms. The van der Waals surface area contributed by atoms with E-state index in [2.05, 4.69) is 0 Å². The van der Waals surface area contributed by atoms with Gasteiger partial charge in [-0.15, -0.1) is 0 Å². The highest BCUT2D eigenvalue weighted by Crippen LogP contribution is 2.31. The summed E-state index contributed by atoms with van der Waals surface area (Å²) in [5, 5.41) is 0. The molecule has 17 heavy (non-hydrogen) atoms. The van der Waals surface area contributed by atoms with Gasteiger partial charge < -0.3 is 5.73 Å². The van der Waals surface area contributed by atoms with Crippen molar-refractivity contribution in [3.05, 3.63) is 23.8 Å². The molecule has 2 rings (SSSR count). The molecule has 0 unspecified atom stereocenters. The molecule has 5 nitrogen and oxygen atoms in total. The number of nitrogens with zero attached hydrogens (tertiary/aromatic N) is 1. The van der Waals surface area contributed by atoms with Crippen LogP contribution in [0.15, 0.2) is 23.1 Å². The summed E-state index contributed by atoms with van der Waals surface area (Å²) in [7, 11) is -3.70. The highest BCUT2D eigenvalue weighted by atomic mass is 32.2. The Balaban J connectivity index is 2.49. The lowest BCUT2D eigenvalue weighted by molar-refractivity contribution is 0.0876. The lowest BCUT2D eigenvalue weighted by atomic mass is 10.2. The van der Waals surface area contributed by atoms with E-state index in [4.69, 9.17) is 5.73 Å². The summed E-state index contributed by atoms with van der Waals surface area (Å²) in [5.41, 5.74) is 6.09. The number of carbonyl (C=O) groups excluding carboxylic acids is 1. The minimum absolute atomic E-state index is 0.0172. The fourth-order valence-corrected chi connectivity index (χ4v) is 3.77. The average Bonchev–Trinajstić information content (AvgIpc) is 2.45. The summed E-state index contributed by atoms with van der Waals surface area (Å²) in [5.74, 6) is 0.114. The normalized spacial score (nSPS) is 17.2. The zero-order valence-electron chi connectivity index (χ0n) is 9.21. The molecule has 0 aromatic heterocycles. The Kier molecular flexibility index (Phi) is 3.05. The van der Waals surface area contributed by atoms with Crippen LogP contribution in [0.4, 0.5) is 5.69 Å². The number of hydrogen-bond donors (Lipinski definition) is 1. The van der Waals surface area contributed by atoms with Crippen LogP contribution in [-0.2, 0) is 10.0 Å².